The van der Waals surface area contributed by atoms with Gasteiger partial charge in [-0.15, -0.1) is 5.73 Å². The second-order valence-electron chi connectivity index (χ2n) is 6.49. The summed E-state index contributed by atoms with van der Waals surface area (Å²) in [5.41, 5.74) is 8.54. The van der Waals surface area contributed by atoms with E-state index in [1.54, 1.807) is 0 Å². The summed E-state index contributed by atoms with van der Waals surface area (Å²) in [5.74, 6) is 2.37. The number of hydrogen-bond donors (Lipinski definition) is 1. The molecule has 3 rings (SSSR count). The highest BCUT2D eigenvalue weighted by Gasteiger charge is 2.11. The van der Waals surface area contributed by atoms with Gasteiger partial charge in [-0.1, -0.05) is 42.5 Å². The molecule has 2 aromatic rings. The van der Waals surface area contributed by atoms with E-state index in [2.05, 4.69) is 66.9 Å². The molecule has 0 bridgehead atoms. The van der Waals surface area contributed by atoms with Crippen LogP contribution in [0.5, 0.6) is 11.5 Å². The average molecular weight is 403 g/mol. The summed E-state index contributed by atoms with van der Waals surface area (Å²) in [6.07, 6.45) is 14.1. The number of thiol groups is 1. The predicted molar refractivity (Wildman–Crippen MR) is 127 cm³/mol. The highest BCUT2D eigenvalue weighted by Crippen LogP contribution is 2.33. The Morgan fingerprint density at radius 3 is 2.07 bits per heavy atom. The molecule has 29 heavy (non-hydrogen) atoms. The van der Waals surface area contributed by atoms with Crippen LogP contribution in [0.25, 0.3) is 18.2 Å². The van der Waals surface area contributed by atoms with Gasteiger partial charge in [-0.3, -0.25) is 0 Å². The minimum atomic E-state index is 0.591. The normalized spacial score (nSPS) is 12.9. The van der Waals surface area contributed by atoms with Gasteiger partial charge in [-0.05, 0) is 67.0 Å². The monoisotopic (exact) mass is 402 g/mol. The summed E-state index contributed by atoms with van der Waals surface area (Å²) in [4.78, 5) is 0. The summed E-state index contributed by atoms with van der Waals surface area (Å²) in [6.45, 7) is 5.16. The first-order chi connectivity index (χ1) is 14.2. The van der Waals surface area contributed by atoms with Crippen molar-refractivity contribution in [1.29, 1.82) is 0 Å². The standard InChI is InChI=1S/C26H26O2S/c1-3-27-25-17-23(14-11-21-9-12-22(19-29)13-10-21)18-26(28-4-2)24(25)16-15-20-7-5-6-8-20/h5-7,9-18,29H,3-4,19H2,1-2H3/b14-11+,16-15+. The lowest BCUT2D eigenvalue weighted by atomic mass is 10.1. The van der Waals surface area contributed by atoms with Crippen LogP contribution in [0.15, 0.2) is 72.0 Å². The molecule has 0 radical (unpaired) electrons. The first kappa shape index (κ1) is 20.9. The fraction of sp³-hybridized carbons (Fsp3) is 0.192. The van der Waals surface area contributed by atoms with Crippen molar-refractivity contribution in [2.75, 3.05) is 13.2 Å². The summed E-state index contributed by atoms with van der Waals surface area (Å²) in [6, 6.07) is 12.5. The molecule has 0 N–H and O–H groups in total. The van der Waals surface area contributed by atoms with Crippen LogP contribution in [-0.4, -0.2) is 13.2 Å². The zero-order chi connectivity index (χ0) is 20.5. The van der Waals surface area contributed by atoms with Crippen molar-refractivity contribution in [2.24, 2.45) is 0 Å². The van der Waals surface area contributed by atoms with Crippen molar-refractivity contribution >= 4 is 30.9 Å². The van der Waals surface area contributed by atoms with Crippen molar-refractivity contribution in [3.05, 3.63) is 94.3 Å². The van der Waals surface area contributed by atoms with Gasteiger partial charge in [-0.25, -0.2) is 0 Å². The second kappa shape index (κ2) is 10.6. The maximum atomic E-state index is 5.93. The maximum Gasteiger partial charge on any atom is 0.130 e. The van der Waals surface area contributed by atoms with Gasteiger partial charge in [0.25, 0.3) is 0 Å². The molecule has 148 valence electrons. The first-order valence-electron chi connectivity index (χ1n) is 9.86. The maximum absolute atomic E-state index is 5.93. The molecule has 0 fully saturated rings. The number of allylic oxidation sites excluding steroid dienone is 4. The van der Waals surface area contributed by atoms with Gasteiger partial charge in [-0.2, -0.15) is 12.6 Å². The minimum Gasteiger partial charge on any atom is -0.493 e. The molecule has 1 aliphatic carbocycles. The molecule has 0 aliphatic heterocycles. The fourth-order valence-electron chi connectivity index (χ4n) is 2.98. The van der Waals surface area contributed by atoms with Crippen molar-refractivity contribution < 1.29 is 9.47 Å². The van der Waals surface area contributed by atoms with Crippen LogP contribution in [-0.2, 0) is 5.75 Å². The van der Waals surface area contributed by atoms with Gasteiger partial charge in [0.1, 0.15) is 11.5 Å². The molecule has 0 amide bonds. The molecule has 0 unspecified atom stereocenters. The SMILES string of the molecule is CCOc1cc(/C=C/c2ccc(CS)cc2)cc(OCC)c1/C=C/C1=C=CC=C1. The highest BCUT2D eigenvalue weighted by molar-refractivity contribution is 7.79. The van der Waals surface area contributed by atoms with E-state index in [4.69, 9.17) is 9.47 Å². The van der Waals surface area contributed by atoms with Crippen LogP contribution in [0.2, 0.25) is 0 Å². The van der Waals surface area contributed by atoms with E-state index < -0.39 is 0 Å². The Kier molecular flexibility index (Phi) is 7.63. The lowest BCUT2D eigenvalue weighted by Crippen LogP contribution is -2.00. The molecular weight excluding hydrogens is 376 g/mol. The fourth-order valence-corrected chi connectivity index (χ4v) is 3.19. The third kappa shape index (κ3) is 5.80. The molecule has 0 aromatic heterocycles. The van der Waals surface area contributed by atoms with Crippen molar-refractivity contribution in [2.45, 2.75) is 19.6 Å². The summed E-state index contributed by atoms with van der Waals surface area (Å²) in [7, 11) is 0. The summed E-state index contributed by atoms with van der Waals surface area (Å²) >= 11 is 4.31. The van der Waals surface area contributed by atoms with Crippen molar-refractivity contribution in [3.8, 4) is 11.5 Å². The van der Waals surface area contributed by atoms with Crippen molar-refractivity contribution in [1.82, 2.24) is 0 Å². The lowest BCUT2D eigenvalue weighted by Gasteiger charge is -2.14. The van der Waals surface area contributed by atoms with E-state index in [1.165, 1.54) is 5.56 Å². The summed E-state index contributed by atoms with van der Waals surface area (Å²) < 4.78 is 11.9. The third-order valence-corrected chi connectivity index (χ3v) is 4.77. The first-order valence-corrected chi connectivity index (χ1v) is 10.5. The smallest absolute Gasteiger partial charge is 0.130 e. The largest absolute Gasteiger partial charge is 0.493 e. The van der Waals surface area contributed by atoms with Crippen LogP contribution in [0.3, 0.4) is 0 Å². The number of hydrogen-bond acceptors (Lipinski definition) is 3. The van der Waals surface area contributed by atoms with Gasteiger partial charge in [0.15, 0.2) is 0 Å². The Labute approximate surface area is 179 Å². The van der Waals surface area contributed by atoms with Gasteiger partial charge >= 0.3 is 0 Å². The van der Waals surface area contributed by atoms with Crippen LogP contribution < -0.4 is 9.47 Å². The molecule has 0 atom stereocenters. The molecule has 0 spiro atoms. The van der Waals surface area contributed by atoms with Gasteiger partial charge in [0, 0.05) is 11.3 Å². The minimum absolute atomic E-state index is 0.591. The Morgan fingerprint density at radius 1 is 0.862 bits per heavy atom. The average Bonchev–Trinajstić information content (AvgIpc) is 3.26. The Hall–Kier alpha value is -2.87. The molecule has 0 saturated carbocycles. The van der Waals surface area contributed by atoms with Crippen LogP contribution in [0, 0.1) is 0 Å². The number of benzene rings is 2. The quantitative estimate of drug-likeness (QED) is 0.284. The van der Waals surface area contributed by atoms with E-state index in [0.717, 1.165) is 39.5 Å². The third-order valence-electron chi connectivity index (χ3n) is 4.41. The van der Waals surface area contributed by atoms with E-state index in [9.17, 15) is 0 Å². The molecule has 1 aliphatic rings. The summed E-state index contributed by atoms with van der Waals surface area (Å²) in [5, 5.41) is 0. The Balaban J connectivity index is 1.94. The number of ether oxygens (including phenoxy) is 2. The number of rotatable bonds is 9. The zero-order valence-electron chi connectivity index (χ0n) is 16.9. The predicted octanol–water partition coefficient (Wildman–Crippen LogP) is 6.75. The molecule has 2 aromatic carbocycles. The van der Waals surface area contributed by atoms with E-state index in [1.807, 2.05) is 44.2 Å². The molecule has 3 heteroatoms. The second-order valence-corrected chi connectivity index (χ2v) is 6.80. The zero-order valence-corrected chi connectivity index (χ0v) is 17.8. The van der Waals surface area contributed by atoms with E-state index in [0.29, 0.717) is 13.2 Å². The van der Waals surface area contributed by atoms with Crippen LogP contribution in [0.1, 0.15) is 36.1 Å². The van der Waals surface area contributed by atoms with E-state index >= 15 is 0 Å². The Morgan fingerprint density at radius 2 is 1.52 bits per heavy atom. The molecule has 0 saturated heterocycles. The van der Waals surface area contributed by atoms with Gasteiger partial charge < -0.3 is 9.47 Å². The highest BCUT2D eigenvalue weighted by atomic mass is 32.1. The van der Waals surface area contributed by atoms with Crippen LogP contribution in [0.4, 0.5) is 0 Å². The van der Waals surface area contributed by atoms with E-state index in [-0.39, 0.29) is 0 Å². The Bertz CT molecular complexity index is 961. The lowest BCUT2D eigenvalue weighted by molar-refractivity contribution is 0.321. The van der Waals surface area contributed by atoms with Gasteiger partial charge in [0.2, 0.25) is 0 Å². The van der Waals surface area contributed by atoms with Crippen LogP contribution >= 0.6 is 12.6 Å². The molecule has 2 nitrogen and oxygen atoms in total. The molecular formula is C26H26O2S. The van der Waals surface area contributed by atoms with Gasteiger partial charge in [0.05, 0.1) is 18.8 Å². The van der Waals surface area contributed by atoms with Crippen molar-refractivity contribution in [3.63, 3.8) is 0 Å². The molecule has 0 heterocycles. The topological polar surface area (TPSA) is 18.5 Å².